The van der Waals surface area contributed by atoms with Crippen molar-refractivity contribution in [2.24, 2.45) is 11.8 Å². The summed E-state index contributed by atoms with van der Waals surface area (Å²) < 4.78 is 5.56. The second-order valence-electron chi connectivity index (χ2n) is 4.74. The van der Waals surface area contributed by atoms with Crippen molar-refractivity contribution < 1.29 is 9.32 Å². The van der Waals surface area contributed by atoms with Crippen LogP contribution >= 0.6 is 15.9 Å². The molecular weight excluding hydrogens is 286 g/mol. The monoisotopic (exact) mass is 299 g/mol. The predicted octanol–water partition coefficient (Wildman–Crippen LogP) is 1.12. The first-order valence-electron chi connectivity index (χ1n) is 5.86. The first-order chi connectivity index (χ1) is 8.24. The van der Waals surface area contributed by atoms with Crippen molar-refractivity contribution >= 4 is 21.8 Å². The van der Waals surface area contributed by atoms with Crippen LogP contribution in [0.3, 0.4) is 0 Å². The van der Waals surface area contributed by atoms with E-state index in [9.17, 15) is 4.79 Å². The van der Waals surface area contributed by atoms with Gasteiger partial charge in [-0.3, -0.25) is 4.79 Å². The predicted molar refractivity (Wildman–Crippen MR) is 64.6 cm³/mol. The molecule has 5 nitrogen and oxygen atoms in total. The molecule has 1 N–H and O–H groups in total. The summed E-state index contributed by atoms with van der Waals surface area (Å²) in [6.45, 7) is 3.77. The fraction of sp³-hybridized carbons (Fsp3) is 0.636. The quantitative estimate of drug-likeness (QED) is 0.844. The van der Waals surface area contributed by atoms with Gasteiger partial charge >= 0.3 is 0 Å². The first kappa shape index (κ1) is 11.2. The maximum atomic E-state index is 12.2. The average molecular weight is 300 g/mol. The molecule has 3 rings (SSSR count). The third-order valence-corrected chi connectivity index (χ3v) is 4.03. The van der Waals surface area contributed by atoms with Crippen LogP contribution in [0.2, 0.25) is 0 Å². The van der Waals surface area contributed by atoms with Crippen molar-refractivity contribution in [2.45, 2.75) is 6.42 Å². The van der Waals surface area contributed by atoms with E-state index in [1.165, 1.54) is 0 Å². The minimum atomic E-state index is -0.0439. The van der Waals surface area contributed by atoms with Crippen LogP contribution in [0.4, 0.5) is 0 Å². The average Bonchev–Trinajstić information content (AvgIpc) is 2.93. The zero-order valence-electron chi connectivity index (χ0n) is 9.36. The highest BCUT2D eigenvalue weighted by Crippen LogP contribution is 2.29. The molecular formula is C11H14BrN3O2. The molecule has 0 aliphatic carbocycles. The van der Waals surface area contributed by atoms with E-state index in [2.05, 4.69) is 26.4 Å². The van der Waals surface area contributed by atoms with Gasteiger partial charge < -0.3 is 14.7 Å². The Morgan fingerprint density at radius 3 is 3.06 bits per heavy atom. The number of piperidine rings is 1. The molecule has 2 unspecified atom stereocenters. The van der Waals surface area contributed by atoms with Gasteiger partial charge in [-0.25, -0.2) is 0 Å². The molecule has 6 heteroatoms. The Morgan fingerprint density at radius 1 is 1.53 bits per heavy atom. The van der Waals surface area contributed by atoms with Crippen molar-refractivity contribution in [1.29, 1.82) is 0 Å². The van der Waals surface area contributed by atoms with Crippen molar-refractivity contribution in [1.82, 2.24) is 15.4 Å². The van der Waals surface area contributed by atoms with Crippen molar-refractivity contribution in [3.8, 4) is 0 Å². The Bertz CT molecular complexity index is 420. The lowest BCUT2D eigenvalue weighted by molar-refractivity contribution is 0.0743. The fourth-order valence-corrected chi connectivity index (χ4v) is 3.03. The van der Waals surface area contributed by atoms with E-state index < -0.39 is 0 Å². The highest BCUT2D eigenvalue weighted by molar-refractivity contribution is 9.10. The zero-order chi connectivity index (χ0) is 11.8. The molecule has 2 aliphatic rings. The van der Waals surface area contributed by atoms with Crippen LogP contribution in [0.25, 0.3) is 0 Å². The van der Waals surface area contributed by atoms with Gasteiger partial charge in [0.1, 0.15) is 4.60 Å². The number of amides is 1. The number of aromatic nitrogens is 1. The molecule has 3 heterocycles. The summed E-state index contributed by atoms with van der Waals surface area (Å²) in [6.07, 6.45) is 1.16. The van der Waals surface area contributed by atoms with E-state index in [1.807, 2.05) is 4.90 Å². The van der Waals surface area contributed by atoms with Gasteiger partial charge in [-0.05, 0) is 47.3 Å². The molecule has 1 aromatic heterocycles. The Kier molecular flexibility index (Phi) is 2.92. The van der Waals surface area contributed by atoms with Gasteiger partial charge in [-0.15, -0.1) is 0 Å². The van der Waals surface area contributed by atoms with E-state index in [0.717, 1.165) is 32.6 Å². The number of likely N-dealkylation sites (tertiary alicyclic amines) is 1. The Balaban J connectivity index is 1.71. The van der Waals surface area contributed by atoms with E-state index >= 15 is 0 Å². The molecule has 92 valence electrons. The van der Waals surface area contributed by atoms with Crippen LogP contribution in [0, 0.1) is 11.8 Å². The van der Waals surface area contributed by atoms with Crippen molar-refractivity contribution in [2.75, 3.05) is 26.2 Å². The number of hydrogen-bond donors (Lipinski definition) is 1. The minimum Gasteiger partial charge on any atom is -0.350 e. The molecule has 0 saturated carbocycles. The first-order valence-corrected chi connectivity index (χ1v) is 6.65. The molecule has 2 fully saturated rings. The topological polar surface area (TPSA) is 58.4 Å². The van der Waals surface area contributed by atoms with E-state index in [0.29, 0.717) is 22.2 Å². The second kappa shape index (κ2) is 4.42. The summed E-state index contributed by atoms with van der Waals surface area (Å²) in [7, 11) is 0. The smallest absolute Gasteiger partial charge is 0.292 e. The summed E-state index contributed by atoms with van der Waals surface area (Å²) in [5, 5.41) is 7.06. The van der Waals surface area contributed by atoms with Crippen LogP contribution in [0.1, 0.15) is 17.0 Å². The van der Waals surface area contributed by atoms with Gasteiger partial charge in [-0.1, -0.05) is 5.16 Å². The SMILES string of the molecule is O=C(c1cc(Br)no1)N1CC2CCNCC2C1. The number of nitrogens with one attached hydrogen (secondary N) is 1. The molecule has 0 radical (unpaired) electrons. The number of rotatable bonds is 1. The Labute approximate surface area is 108 Å². The van der Waals surface area contributed by atoms with Crippen molar-refractivity contribution in [3.05, 3.63) is 16.4 Å². The summed E-state index contributed by atoms with van der Waals surface area (Å²) in [6, 6.07) is 1.63. The van der Waals surface area contributed by atoms with Crippen LogP contribution in [-0.4, -0.2) is 42.1 Å². The summed E-state index contributed by atoms with van der Waals surface area (Å²) in [4.78, 5) is 14.0. The number of carbonyl (C=O) groups is 1. The largest absolute Gasteiger partial charge is 0.350 e. The number of fused-ring (bicyclic) bond motifs is 1. The van der Waals surface area contributed by atoms with Gasteiger partial charge in [0, 0.05) is 19.2 Å². The van der Waals surface area contributed by atoms with Gasteiger partial charge in [0.05, 0.1) is 0 Å². The highest BCUT2D eigenvalue weighted by atomic mass is 79.9. The molecule has 0 bridgehead atoms. The van der Waals surface area contributed by atoms with Crippen LogP contribution in [0.5, 0.6) is 0 Å². The van der Waals surface area contributed by atoms with Crippen molar-refractivity contribution in [3.63, 3.8) is 0 Å². The maximum absolute atomic E-state index is 12.2. The Hall–Kier alpha value is -0.880. The third-order valence-electron chi connectivity index (χ3n) is 3.65. The fourth-order valence-electron chi connectivity index (χ4n) is 2.75. The van der Waals surface area contributed by atoms with Gasteiger partial charge in [-0.2, -0.15) is 0 Å². The number of carbonyl (C=O) groups excluding carboxylic acids is 1. The van der Waals surface area contributed by atoms with Crippen LogP contribution < -0.4 is 5.32 Å². The van der Waals surface area contributed by atoms with E-state index in [-0.39, 0.29) is 5.91 Å². The van der Waals surface area contributed by atoms with Gasteiger partial charge in [0.15, 0.2) is 0 Å². The molecule has 0 aromatic carbocycles. The molecule has 2 atom stereocenters. The summed E-state index contributed by atoms with van der Waals surface area (Å²) >= 11 is 3.18. The molecule has 1 aromatic rings. The molecule has 17 heavy (non-hydrogen) atoms. The highest BCUT2D eigenvalue weighted by Gasteiger charge is 2.37. The van der Waals surface area contributed by atoms with Crippen LogP contribution in [0.15, 0.2) is 15.2 Å². The lowest BCUT2D eigenvalue weighted by Gasteiger charge is -2.23. The summed E-state index contributed by atoms with van der Waals surface area (Å²) in [5.74, 6) is 1.52. The van der Waals surface area contributed by atoms with E-state index in [4.69, 9.17) is 4.52 Å². The zero-order valence-corrected chi connectivity index (χ0v) is 10.9. The third kappa shape index (κ3) is 2.11. The minimum absolute atomic E-state index is 0.0439. The normalized spacial score (nSPS) is 28.2. The number of nitrogens with zero attached hydrogens (tertiary/aromatic N) is 2. The molecule has 2 aliphatic heterocycles. The number of hydrogen-bond acceptors (Lipinski definition) is 4. The van der Waals surface area contributed by atoms with Crippen LogP contribution in [-0.2, 0) is 0 Å². The molecule has 1 amide bonds. The second-order valence-corrected chi connectivity index (χ2v) is 5.55. The lowest BCUT2D eigenvalue weighted by Crippen LogP contribution is -2.35. The number of halogens is 1. The molecule has 0 spiro atoms. The maximum Gasteiger partial charge on any atom is 0.292 e. The lowest BCUT2D eigenvalue weighted by atomic mass is 9.90. The summed E-state index contributed by atoms with van der Waals surface area (Å²) in [5.41, 5.74) is 0. The van der Waals surface area contributed by atoms with E-state index in [1.54, 1.807) is 6.07 Å². The Morgan fingerprint density at radius 2 is 2.35 bits per heavy atom. The van der Waals surface area contributed by atoms with Gasteiger partial charge in [0.2, 0.25) is 5.76 Å². The molecule has 2 saturated heterocycles. The van der Waals surface area contributed by atoms with Gasteiger partial charge in [0.25, 0.3) is 5.91 Å². The standard InChI is InChI=1S/C11H14BrN3O2/c12-10-3-9(17-14-10)11(16)15-5-7-1-2-13-4-8(7)6-15/h3,7-8,13H,1-2,4-6H2.